The minimum atomic E-state index is 0. The lowest BCUT2D eigenvalue weighted by Gasteiger charge is -2.22. The average molecular weight is 119 g/mol. The van der Waals surface area contributed by atoms with Crippen LogP contribution >= 0.6 is 0 Å². The molecule has 0 rings (SSSR count). The van der Waals surface area contributed by atoms with E-state index in [1.165, 1.54) is 13.0 Å². The Bertz CT molecular complexity index is 47.0. The molecule has 0 aliphatic rings. The number of hydrogen-bond donors (Lipinski definition) is 0. The predicted octanol–water partition coefficient (Wildman–Crippen LogP) is 0.926. The zero-order chi connectivity index (χ0) is 5.91. The summed E-state index contributed by atoms with van der Waals surface area (Å²) < 4.78 is 1.09. The van der Waals surface area contributed by atoms with Gasteiger partial charge in [-0.25, -0.2) is 0 Å². The first-order valence-electron chi connectivity index (χ1n) is 2.86. The van der Waals surface area contributed by atoms with E-state index in [2.05, 4.69) is 28.1 Å². The van der Waals surface area contributed by atoms with Crippen LogP contribution in [0.4, 0.5) is 0 Å². The van der Waals surface area contributed by atoms with Gasteiger partial charge in [0.15, 0.2) is 0 Å². The molecule has 0 amide bonds. The Morgan fingerprint density at radius 2 is 1.50 bits per heavy atom. The fourth-order valence-corrected chi connectivity index (χ4v) is 0.671. The van der Waals surface area contributed by atoms with Crippen molar-refractivity contribution in [2.24, 2.45) is 0 Å². The first-order chi connectivity index (χ1) is 3.06. The summed E-state index contributed by atoms with van der Waals surface area (Å²) in [6.07, 6.45) is 1.28. The van der Waals surface area contributed by atoms with Gasteiger partial charge in [-0.2, -0.15) is 0 Å². The highest BCUT2D eigenvalue weighted by Crippen LogP contribution is 1.90. The molecule has 0 aromatic heterocycles. The summed E-state index contributed by atoms with van der Waals surface area (Å²) in [4.78, 5) is 0. The second-order valence-corrected chi connectivity index (χ2v) is 3.01. The van der Waals surface area contributed by atoms with Crippen LogP contribution in [0, 0.1) is 0 Å². The first kappa shape index (κ1) is 10.8. The molecule has 0 fully saturated rings. The number of nitrogens with zero attached hydrogens (tertiary/aromatic N) is 1. The van der Waals surface area contributed by atoms with Gasteiger partial charge in [0, 0.05) is 0 Å². The van der Waals surface area contributed by atoms with E-state index in [0.29, 0.717) is 0 Å². The van der Waals surface area contributed by atoms with E-state index in [0.717, 1.165) is 4.48 Å². The van der Waals surface area contributed by atoms with Gasteiger partial charge < -0.3 is 9.96 Å². The molecule has 0 heterocycles. The van der Waals surface area contributed by atoms with E-state index in [1.54, 1.807) is 0 Å². The van der Waals surface area contributed by atoms with Crippen LogP contribution in [0.2, 0.25) is 0 Å². The van der Waals surface area contributed by atoms with Crippen molar-refractivity contribution in [1.82, 2.24) is 0 Å². The molecular formula is C6H17NO. The van der Waals surface area contributed by atoms with Gasteiger partial charge in [0.1, 0.15) is 0 Å². The van der Waals surface area contributed by atoms with Crippen LogP contribution in [-0.2, 0) is 0 Å². The van der Waals surface area contributed by atoms with Crippen LogP contribution < -0.4 is 0 Å². The van der Waals surface area contributed by atoms with Crippen LogP contribution in [0.1, 0.15) is 13.3 Å². The van der Waals surface area contributed by atoms with Crippen molar-refractivity contribution in [3.63, 3.8) is 0 Å². The molecule has 0 aliphatic carbocycles. The Hall–Kier alpha value is -0.0800. The smallest absolute Gasteiger partial charge is 0.0777 e. The van der Waals surface area contributed by atoms with Gasteiger partial charge in [0.05, 0.1) is 27.7 Å². The van der Waals surface area contributed by atoms with Gasteiger partial charge in [0.2, 0.25) is 0 Å². The summed E-state index contributed by atoms with van der Waals surface area (Å²) >= 11 is 0. The molecule has 0 saturated heterocycles. The Labute approximate surface area is 52.0 Å². The maximum Gasteiger partial charge on any atom is 0.0777 e. The Morgan fingerprint density at radius 1 is 1.12 bits per heavy atom. The van der Waals surface area contributed by atoms with E-state index in [4.69, 9.17) is 0 Å². The van der Waals surface area contributed by atoms with Crippen molar-refractivity contribution in [1.29, 1.82) is 0 Å². The Balaban J connectivity index is 0. The average Bonchev–Trinajstić information content (AvgIpc) is 1.30. The van der Waals surface area contributed by atoms with Gasteiger partial charge in [-0.3, -0.25) is 0 Å². The molecular weight excluding hydrogens is 102 g/mol. The van der Waals surface area contributed by atoms with Gasteiger partial charge >= 0.3 is 0 Å². The molecule has 0 aromatic rings. The molecule has 0 radical (unpaired) electrons. The summed E-state index contributed by atoms with van der Waals surface area (Å²) in [5, 5.41) is 0. The molecule has 2 heteroatoms. The molecule has 0 bridgehead atoms. The van der Waals surface area contributed by atoms with Crippen LogP contribution in [0.25, 0.3) is 0 Å². The molecule has 0 aliphatic heterocycles. The quantitative estimate of drug-likeness (QED) is 0.497. The summed E-state index contributed by atoms with van der Waals surface area (Å²) in [5.41, 5.74) is 0. The maximum atomic E-state index is 2.21. The fourth-order valence-electron chi connectivity index (χ4n) is 0.671. The number of rotatable bonds is 2. The van der Waals surface area contributed by atoms with Crippen LogP contribution in [0.15, 0.2) is 0 Å². The monoisotopic (exact) mass is 119 g/mol. The minimum absolute atomic E-state index is 0. The predicted molar refractivity (Wildman–Crippen MR) is 35.1 cm³/mol. The second kappa shape index (κ2) is 3.87. The van der Waals surface area contributed by atoms with E-state index < -0.39 is 0 Å². The van der Waals surface area contributed by atoms with Crippen molar-refractivity contribution in [3.8, 4) is 0 Å². The third-order valence-corrected chi connectivity index (χ3v) is 0.894. The Morgan fingerprint density at radius 3 is 1.50 bits per heavy atom. The van der Waals surface area contributed by atoms with Gasteiger partial charge in [-0.15, -0.1) is 0 Å². The highest BCUT2D eigenvalue weighted by Gasteiger charge is 2.01. The molecule has 1 N–H and O–H groups in total. The summed E-state index contributed by atoms with van der Waals surface area (Å²) in [6.45, 7) is 3.49. The van der Waals surface area contributed by atoms with Gasteiger partial charge in [-0.05, 0) is 6.42 Å². The lowest BCUT2D eigenvalue weighted by atomic mass is 10.4. The van der Waals surface area contributed by atoms with Crippen molar-refractivity contribution in [3.05, 3.63) is 0 Å². The van der Waals surface area contributed by atoms with Crippen LogP contribution in [0.3, 0.4) is 0 Å². The zero-order valence-electron chi connectivity index (χ0n) is 6.31. The number of quaternary nitrogens is 1. The van der Waals surface area contributed by atoms with Crippen LogP contribution in [-0.4, -0.2) is 37.6 Å². The molecule has 0 aromatic carbocycles. The molecule has 2 nitrogen and oxygen atoms in total. The molecule has 52 valence electrons. The largest absolute Gasteiger partial charge is 0.870 e. The van der Waals surface area contributed by atoms with E-state index >= 15 is 0 Å². The molecule has 8 heavy (non-hydrogen) atoms. The maximum absolute atomic E-state index is 2.21. The second-order valence-electron chi connectivity index (χ2n) is 3.01. The summed E-state index contributed by atoms with van der Waals surface area (Å²) in [5.74, 6) is 0. The van der Waals surface area contributed by atoms with Gasteiger partial charge in [-0.1, -0.05) is 6.92 Å². The van der Waals surface area contributed by atoms with E-state index in [9.17, 15) is 0 Å². The summed E-state index contributed by atoms with van der Waals surface area (Å²) in [6, 6.07) is 0. The molecule has 0 unspecified atom stereocenters. The van der Waals surface area contributed by atoms with Crippen molar-refractivity contribution < 1.29 is 9.96 Å². The lowest BCUT2D eigenvalue weighted by Crippen LogP contribution is -2.34. The van der Waals surface area contributed by atoms with E-state index in [1.807, 2.05) is 0 Å². The number of hydrogen-bond acceptors (Lipinski definition) is 1. The minimum Gasteiger partial charge on any atom is -0.870 e. The zero-order valence-corrected chi connectivity index (χ0v) is 6.31. The molecule has 0 spiro atoms. The van der Waals surface area contributed by atoms with Crippen molar-refractivity contribution in [2.75, 3.05) is 27.7 Å². The fraction of sp³-hybridized carbons (Fsp3) is 1.00. The third-order valence-electron chi connectivity index (χ3n) is 0.894. The SMILES string of the molecule is CCC[N+](C)(C)C.[OH-]. The van der Waals surface area contributed by atoms with Gasteiger partial charge in [0.25, 0.3) is 0 Å². The Kier molecular flexibility index (Phi) is 5.23. The molecule has 0 atom stereocenters. The van der Waals surface area contributed by atoms with Crippen molar-refractivity contribution >= 4 is 0 Å². The van der Waals surface area contributed by atoms with E-state index in [-0.39, 0.29) is 5.48 Å². The summed E-state index contributed by atoms with van der Waals surface area (Å²) in [7, 11) is 6.64. The van der Waals surface area contributed by atoms with Crippen molar-refractivity contribution in [2.45, 2.75) is 13.3 Å². The first-order valence-corrected chi connectivity index (χ1v) is 2.86. The third kappa shape index (κ3) is 9.33. The van der Waals surface area contributed by atoms with Crippen LogP contribution in [0.5, 0.6) is 0 Å². The topological polar surface area (TPSA) is 30.0 Å². The highest BCUT2D eigenvalue weighted by atomic mass is 16.0. The lowest BCUT2D eigenvalue weighted by molar-refractivity contribution is -0.870. The normalized spacial score (nSPS) is 10.5. The highest BCUT2D eigenvalue weighted by molar-refractivity contribution is 4.20. The standard InChI is InChI=1S/C6H16N.H2O/c1-5-6-7(2,3)4;/h5-6H2,1-4H3;1H2/q+1;/p-1. The molecule has 0 saturated carbocycles.